The molecule has 0 spiro atoms. The zero-order valence-electron chi connectivity index (χ0n) is 13.7. The maximum Gasteiger partial charge on any atom is 0.240 e. The monoisotopic (exact) mass is 337 g/mol. The van der Waals surface area contributed by atoms with Crippen molar-refractivity contribution in [2.75, 3.05) is 4.90 Å². The zero-order chi connectivity index (χ0) is 16.7. The smallest absolute Gasteiger partial charge is 0.240 e. The molecule has 0 saturated carbocycles. The molecular formula is C19H19N3OS. The lowest BCUT2D eigenvalue weighted by molar-refractivity contribution is -0.118. The van der Waals surface area contributed by atoms with E-state index in [9.17, 15) is 4.79 Å². The second-order valence-electron chi connectivity index (χ2n) is 6.21. The normalized spacial score (nSPS) is 17.9. The van der Waals surface area contributed by atoms with Crippen LogP contribution in [0.4, 0.5) is 5.69 Å². The number of carbonyl (C=O) groups is 1. The molecule has 1 N–H and O–H groups in total. The number of imidazole rings is 1. The lowest BCUT2D eigenvalue weighted by Crippen LogP contribution is -2.40. The van der Waals surface area contributed by atoms with Gasteiger partial charge in [-0.2, -0.15) is 0 Å². The molecule has 1 aliphatic rings. The highest BCUT2D eigenvalue weighted by atomic mass is 32.2. The van der Waals surface area contributed by atoms with Crippen molar-refractivity contribution in [1.29, 1.82) is 0 Å². The number of thioether (sulfide) groups is 1. The number of benzene rings is 2. The van der Waals surface area contributed by atoms with Crippen LogP contribution in [0.15, 0.2) is 53.7 Å². The molecule has 4 nitrogen and oxygen atoms in total. The van der Waals surface area contributed by atoms with Crippen molar-refractivity contribution in [3.05, 3.63) is 54.1 Å². The molecule has 0 fully saturated rings. The molecule has 24 heavy (non-hydrogen) atoms. The molecular weight excluding hydrogens is 318 g/mol. The lowest BCUT2D eigenvalue weighted by Gasteiger charge is -2.25. The number of hydrogen-bond donors (Lipinski definition) is 1. The molecule has 2 aromatic carbocycles. The van der Waals surface area contributed by atoms with Crippen LogP contribution in [0.3, 0.4) is 0 Å². The van der Waals surface area contributed by atoms with Gasteiger partial charge in [0.2, 0.25) is 5.91 Å². The first-order valence-electron chi connectivity index (χ1n) is 8.16. The van der Waals surface area contributed by atoms with Gasteiger partial charge >= 0.3 is 0 Å². The van der Waals surface area contributed by atoms with E-state index < -0.39 is 0 Å². The Kier molecular flexibility index (Phi) is 3.81. The summed E-state index contributed by atoms with van der Waals surface area (Å²) in [6.45, 7) is 4.06. The van der Waals surface area contributed by atoms with Crippen LogP contribution >= 0.6 is 11.8 Å². The minimum Gasteiger partial charge on any atom is -0.333 e. The van der Waals surface area contributed by atoms with Crippen molar-refractivity contribution in [3.8, 4) is 0 Å². The Hall–Kier alpha value is -2.27. The fourth-order valence-corrected chi connectivity index (χ4v) is 4.17. The van der Waals surface area contributed by atoms with Gasteiger partial charge in [0, 0.05) is 11.7 Å². The molecule has 3 aromatic rings. The van der Waals surface area contributed by atoms with Gasteiger partial charge in [0.05, 0.1) is 16.3 Å². The maximum absolute atomic E-state index is 13.0. The van der Waals surface area contributed by atoms with Crippen LogP contribution in [0.5, 0.6) is 0 Å². The first-order chi connectivity index (χ1) is 11.6. The third-order valence-corrected chi connectivity index (χ3v) is 5.42. The number of rotatable bonds is 3. The summed E-state index contributed by atoms with van der Waals surface area (Å²) in [7, 11) is 0. The van der Waals surface area contributed by atoms with Crippen LogP contribution in [-0.2, 0) is 11.2 Å². The van der Waals surface area contributed by atoms with Crippen LogP contribution in [0, 0.1) is 0 Å². The van der Waals surface area contributed by atoms with Gasteiger partial charge in [-0.15, -0.1) is 0 Å². The Balaban J connectivity index is 1.56. The minimum atomic E-state index is -0.195. The molecule has 122 valence electrons. The standard InChI is InChI=1S/C19H19N3OS/c1-12-11-14-7-3-6-10-17(14)22(12)18(23)13(2)24-19-20-15-8-4-5-9-16(15)21-19/h3-10,12-13H,11H2,1-2H3,(H,20,21). The summed E-state index contributed by atoms with van der Waals surface area (Å²) in [5, 5.41) is 0.594. The molecule has 1 amide bonds. The van der Waals surface area contributed by atoms with Gasteiger partial charge in [0.15, 0.2) is 5.16 Å². The number of amides is 1. The van der Waals surface area contributed by atoms with Gasteiger partial charge in [0.1, 0.15) is 0 Å². The van der Waals surface area contributed by atoms with Crippen molar-refractivity contribution in [2.24, 2.45) is 0 Å². The Bertz CT molecular complexity index is 871. The number of para-hydroxylation sites is 3. The van der Waals surface area contributed by atoms with E-state index in [4.69, 9.17) is 0 Å². The molecule has 1 aliphatic heterocycles. The molecule has 2 atom stereocenters. The van der Waals surface area contributed by atoms with E-state index in [-0.39, 0.29) is 17.2 Å². The van der Waals surface area contributed by atoms with E-state index in [0.717, 1.165) is 28.3 Å². The van der Waals surface area contributed by atoms with Crippen LogP contribution in [0.1, 0.15) is 19.4 Å². The topological polar surface area (TPSA) is 49.0 Å². The lowest BCUT2D eigenvalue weighted by atomic mass is 10.1. The molecule has 2 heterocycles. The number of aromatic nitrogens is 2. The summed E-state index contributed by atoms with van der Waals surface area (Å²) in [5.41, 5.74) is 4.23. The van der Waals surface area contributed by atoms with E-state index in [2.05, 4.69) is 23.0 Å². The van der Waals surface area contributed by atoms with Crippen molar-refractivity contribution in [1.82, 2.24) is 9.97 Å². The second-order valence-corrected chi connectivity index (χ2v) is 7.54. The number of nitrogens with one attached hydrogen (secondary N) is 1. The Labute approximate surface area is 145 Å². The average molecular weight is 337 g/mol. The summed E-state index contributed by atoms with van der Waals surface area (Å²) in [6.07, 6.45) is 0.921. The number of nitrogens with zero attached hydrogens (tertiary/aromatic N) is 2. The summed E-state index contributed by atoms with van der Waals surface area (Å²) in [4.78, 5) is 22.8. The molecule has 1 aromatic heterocycles. The molecule has 2 unspecified atom stereocenters. The number of aromatic amines is 1. The number of H-pyrrole nitrogens is 1. The Morgan fingerprint density at radius 1 is 1.25 bits per heavy atom. The van der Waals surface area contributed by atoms with Gasteiger partial charge in [-0.25, -0.2) is 4.98 Å². The third-order valence-electron chi connectivity index (χ3n) is 4.45. The van der Waals surface area contributed by atoms with Gasteiger partial charge < -0.3 is 9.88 Å². The largest absolute Gasteiger partial charge is 0.333 e. The van der Waals surface area contributed by atoms with Crippen LogP contribution < -0.4 is 4.90 Å². The van der Waals surface area contributed by atoms with Crippen LogP contribution in [-0.4, -0.2) is 27.2 Å². The fraction of sp³-hybridized carbons (Fsp3) is 0.263. The van der Waals surface area contributed by atoms with Gasteiger partial charge in [-0.3, -0.25) is 4.79 Å². The van der Waals surface area contributed by atoms with Crippen molar-refractivity contribution in [3.63, 3.8) is 0 Å². The number of fused-ring (bicyclic) bond motifs is 2. The zero-order valence-corrected chi connectivity index (χ0v) is 14.5. The first kappa shape index (κ1) is 15.3. The summed E-state index contributed by atoms with van der Waals surface area (Å²) in [6, 6.07) is 16.3. The predicted octanol–water partition coefficient (Wildman–Crippen LogP) is 4.02. The van der Waals surface area contributed by atoms with Crippen LogP contribution in [0.25, 0.3) is 11.0 Å². The summed E-state index contributed by atoms with van der Waals surface area (Å²) < 4.78 is 0. The van der Waals surface area contributed by atoms with E-state index >= 15 is 0 Å². The predicted molar refractivity (Wildman–Crippen MR) is 98.5 cm³/mol. The highest BCUT2D eigenvalue weighted by Gasteiger charge is 2.33. The molecule has 0 aliphatic carbocycles. The van der Waals surface area contributed by atoms with Crippen molar-refractivity contribution in [2.45, 2.75) is 36.7 Å². The Morgan fingerprint density at radius 2 is 2.00 bits per heavy atom. The minimum absolute atomic E-state index is 0.137. The third kappa shape index (κ3) is 2.59. The van der Waals surface area contributed by atoms with E-state index in [1.165, 1.54) is 17.3 Å². The SMILES string of the molecule is CC(Sc1nc2ccccc2[nH]1)C(=O)N1c2ccccc2CC1C. The Morgan fingerprint density at radius 3 is 2.83 bits per heavy atom. The molecule has 5 heteroatoms. The summed E-state index contributed by atoms with van der Waals surface area (Å²) in [5.74, 6) is 0.137. The molecule has 0 bridgehead atoms. The average Bonchev–Trinajstić information content (AvgIpc) is 3.13. The first-order valence-corrected chi connectivity index (χ1v) is 9.04. The highest BCUT2D eigenvalue weighted by molar-refractivity contribution is 8.00. The quantitative estimate of drug-likeness (QED) is 0.734. The summed E-state index contributed by atoms with van der Waals surface area (Å²) >= 11 is 1.48. The highest BCUT2D eigenvalue weighted by Crippen LogP contribution is 2.34. The second kappa shape index (κ2) is 5.98. The van der Waals surface area contributed by atoms with Gasteiger partial charge in [-0.1, -0.05) is 42.1 Å². The van der Waals surface area contributed by atoms with E-state index in [1.54, 1.807) is 0 Å². The maximum atomic E-state index is 13.0. The number of anilines is 1. The molecule has 4 rings (SSSR count). The van der Waals surface area contributed by atoms with Crippen molar-refractivity contribution < 1.29 is 4.79 Å². The van der Waals surface area contributed by atoms with E-state index in [1.807, 2.05) is 54.3 Å². The van der Waals surface area contributed by atoms with Crippen molar-refractivity contribution >= 4 is 34.4 Å². The van der Waals surface area contributed by atoms with Crippen LogP contribution in [0.2, 0.25) is 0 Å². The van der Waals surface area contributed by atoms with E-state index in [0.29, 0.717) is 0 Å². The number of hydrogen-bond acceptors (Lipinski definition) is 3. The molecule has 0 radical (unpaired) electrons. The number of carbonyl (C=O) groups excluding carboxylic acids is 1. The molecule has 0 saturated heterocycles. The van der Waals surface area contributed by atoms with Gasteiger partial charge in [0.25, 0.3) is 0 Å². The van der Waals surface area contributed by atoms with Gasteiger partial charge in [-0.05, 0) is 44.0 Å². The fourth-order valence-electron chi connectivity index (χ4n) is 3.30.